The molecule has 2 heterocycles. The Balaban J connectivity index is 1.95. The lowest BCUT2D eigenvalue weighted by molar-refractivity contribution is -0.160. The minimum Gasteiger partial charge on any atom is -0.383 e. The Hall–Kier alpha value is -0.700. The van der Waals surface area contributed by atoms with Gasteiger partial charge in [-0.15, -0.1) is 0 Å². The molecule has 0 saturated carbocycles. The molecule has 1 amide bonds. The van der Waals surface area contributed by atoms with Crippen LogP contribution in [0.1, 0.15) is 12.8 Å². The van der Waals surface area contributed by atoms with Crippen LogP contribution >= 0.6 is 0 Å². The highest BCUT2D eigenvalue weighted by molar-refractivity contribution is 7.91. The number of ether oxygens (including phenoxy) is 1. The Bertz CT molecular complexity index is 467. The summed E-state index contributed by atoms with van der Waals surface area (Å²) >= 11 is 0. The quantitative estimate of drug-likeness (QED) is 0.679. The van der Waals surface area contributed by atoms with Crippen molar-refractivity contribution in [1.29, 1.82) is 0 Å². The van der Waals surface area contributed by atoms with Gasteiger partial charge in [-0.1, -0.05) is 0 Å². The van der Waals surface area contributed by atoms with Gasteiger partial charge < -0.3 is 14.7 Å². The molecule has 0 radical (unpaired) electrons. The molecular formula is C13H24N2O5S. The van der Waals surface area contributed by atoms with Crippen LogP contribution in [-0.4, -0.2) is 92.8 Å². The van der Waals surface area contributed by atoms with Gasteiger partial charge in [-0.25, -0.2) is 8.42 Å². The van der Waals surface area contributed by atoms with Crippen molar-refractivity contribution in [3.05, 3.63) is 0 Å². The number of hydrogen-bond acceptors (Lipinski definition) is 6. The average molecular weight is 320 g/mol. The Labute approximate surface area is 125 Å². The fourth-order valence-corrected chi connectivity index (χ4v) is 4.18. The van der Waals surface area contributed by atoms with E-state index in [1.807, 2.05) is 4.90 Å². The van der Waals surface area contributed by atoms with Crippen molar-refractivity contribution >= 4 is 15.7 Å². The highest BCUT2D eigenvalue weighted by Gasteiger charge is 2.43. The molecule has 122 valence electrons. The minimum absolute atomic E-state index is 0.102. The predicted molar refractivity (Wildman–Crippen MR) is 77.7 cm³/mol. The molecule has 21 heavy (non-hydrogen) atoms. The molecule has 2 fully saturated rings. The summed E-state index contributed by atoms with van der Waals surface area (Å²) in [5.74, 6) is -0.0609. The summed E-state index contributed by atoms with van der Waals surface area (Å²) in [6.07, 6.45) is 1.18. The molecule has 2 rings (SSSR count). The van der Waals surface area contributed by atoms with E-state index in [0.717, 1.165) is 6.42 Å². The highest BCUT2D eigenvalue weighted by atomic mass is 32.2. The lowest BCUT2D eigenvalue weighted by atomic mass is 9.91. The van der Waals surface area contributed by atoms with Crippen molar-refractivity contribution in [2.45, 2.75) is 18.4 Å². The second kappa shape index (κ2) is 6.60. The molecule has 8 heteroatoms. The largest absolute Gasteiger partial charge is 0.383 e. The average Bonchev–Trinajstić information content (AvgIpc) is 2.43. The van der Waals surface area contributed by atoms with Crippen LogP contribution in [-0.2, 0) is 19.4 Å². The molecule has 1 unspecified atom stereocenters. The van der Waals surface area contributed by atoms with Crippen molar-refractivity contribution in [1.82, 2.24) is 9.80 Å². The third-order valence-electron chi connectivity index (χ3n) is 4.19. The summed E-state index contributed by atoms with van der Waals surface area (Å²) < 4.78 is 27.8. The molecule has 0 aromatic heterocycles. The van der Waals surface area contributed by atoms with Crippen LogP contribution in [0.25, 0.3) is 0 Å². The normalized spacial score (nSPS) is 30.6. The minimum atomic E-state index is -2.95. The number of piperidine rings is 1. The summed E-state index contributed by atoms with van der Waals surface area (Å²) in [6, 6.07) is 0. The molecule has 2 saturated heterocycles. The lowest BCUT2D eigenvalue weighted by Crippen LogP contribution is -2.60. The summed E-state index contributed by atoms with van der Waals surface area (Å²) in [4.78, 5) is 15.9. The number of methoxy groups -OCH3 is 1. The van der Waals surface area contributed by atoms with Gasteiger partial charge in [-0.2, -0.15) is 0 Å². The number of hydrogen-bond donors (Lipinski definition) is 1. The number of carbonyl (C=O) groups is 1. The van der Waals surface area contributed by atoms with E-state index in [-0.39, 0.29) is 24.0 Å². The number of β-amino-alcohol motifs (C(OH)–C–C–N with tert-alkyl or cyclic N) is 1. The molecule has 0 aromatic carbocycles. The van der Waals surface area contributed by atoms with Gasteiger partial charge >= 0.3 is 0 Å². The van der Waals surface area contributed by atoms with Crippen molar-refractivity contribution in [2.75, 3.05) is 57.9 Å². The number of sulfone groups is 1. The highest BCUT2D eigenvalue weighted by Crippen LogP contribution is 2.24. The molecular weight excluding hydrogens is 296 g/mol. The van der Waals surface area contributed by atoms with E-state index in [0.29, 0.717) is 39.2 Å². The maximum atomic E-state index is 12.4. The predicted octanol–water partition coefficient (Wildman–Crippen LogP) is -1.28. The first-order chi connectivity index (χ1) is 9.86. The van der Waals surface area contributed by atoms with Gasteiger partial charge in [0.15, 0.2) is 15.4 Å². The van der Waals surface area contributed by atoms with Crippen LogP contribution in [0, 0.1) is 0 Å². The molecule has 7 nitrogen and oxygen atoms in total. The van der Waals surface area contributed by atoms with Crippen molar-refractivity contribution in [3.63, 3.8) is 0 Å². The van der Waals surface area contributed by atoms with Crippen LogP contribution in [0.5, 0.6) is 0 Å². The van der Waals surface area contributed by atoms with E-state index < -0.39 is 15.4 Å². The Morgan fingerprint density at radius 2 is 1.95 bits per heavy atom. The number of aliphatic hydroxyl groups is 1. The number of rotatable bonds is 5. The van der Waals surface area contributed by atoms with E-state index in [1.54, 1.807) is 12.0 Å². The summed E-state index contributed by atoms with van der Waals surface area (Å²) in [5.41, 5.74) is -1.40. The number of amides is 1. The van der Waals surface area contributed by atoms with Gasteiger partial charge in [-0.3, -0.25) is 9.69 Å². The van der Waals surface area contributed by atoms with Crippen LogP contribution in [0.15, 0.2) is 0 Å². The van der Waals surface area contributed by atoms with Crippen LogP contribution in [0.2, 0.25) is 0 Å². The zero-order chi connectivity index (χ0) is 15.5. The fourth-order valence-electron chi connectivity index (χ4n) is 2.90. The molecule has 1 N–H and O–H groups in total. The van der Waals surface area contributed by atoms with Gasteiger partial charge in [0.25, 0.3) is 5.91 Å². The van der Waals surface area contributed by atoms with E-state index in [1.165, 1.54) is 0 Å². The monoisotopic (exact) mass is 320 g/mol. The van der Waals surface area contributed by atoms with Crippen molar-refractivity contribution in [3.8, 4) is 0 Å². The Morgan fingerprint density at radius 1 is 1.29 bits per heavy atom. The van der Waals surface area contributed by atoms with E-state index in [2.05, 4.69) is 0 Å². The zero-order valence-corrected chi connectivity index (χ0v) is 13.3. The molecule has 1 atom stereocenters. The topological polar surface area (TPSA) is 87.2 Å². The standard InChI is InChI=1S/C13H24N2O5S/c1-20-8-5-15-4-2-3-13(17,12(15)16)11-14-6-9-21(18,19)10-7-14/h17H,2-11H2,1H3. The van der Waals surface area contributed by atoms with Gasteiger partial charge in [0.2, 0.25) is 0 Å². The van der Waals surface area contributed by atoms with Crippen LogP contribution < -0.4 is 0 Å². The second-order valence-corrected chi connectivity index (χ2v) is 8.15. The molecule has 2 aliphatic rings. The summed E-state index contributed by atoms with van der Waals surface area (Å²) in [5, 5.41) is 10.7. The van der Waals surface area contributed by atoms with Gasteiger partial charge in [0, 0.05) is 39.8 Å². The van der Waals surface area contributed by atoms with Gasteiger partial charge in [-0.05, 0) is 12.8 Å². The van der Waals surface area contributed by atoms with E-state index >= 15 is 0 Å². The third kappa shape index (κ3) is 4.15. The first kappa shape index (κ1) is 16.7. The summed E-state index contributed by atoms with van der Waals surface area (Å²) in [6.45, 7) is 2.55. The fraction of sp³-hybridized carbons (Fsp3) is 0.923. The van der Waals surface area contributed by atoms with Gasteiger partial charge in [0.1, 0.15) is 0 Å². The molecule has 0 spiro atoms. The SMILES string of the molecule is COCCN1CCCC(O)(CN2CCS(=O)(=O)CC2)C1=O. The number of nitrogens with zero attached hydrogens (tertiary/aromatic N) is 2. The van der Waals surface area contributed by atoms with Crippen molar-refractivity contribution in [2.24, 2.45) is 0 Å². The van der Waals surface area contributed by atoms with Gasteiger partial charge in [0.05, 0.1) is 18.1 Å². The number of carbonyl (C=O) groups excluding carboxylic acids is 1. The first-order valence-corrected chi connectivity index (χ1v) is 9.12. The summed E-state index contributed by atoms with van der Waals surface area (Å²) in [7, 11) is -1.37. The first-order valence-electron chi connectivity index (χ1n) is 7.30. The second-order valence-electron chi connectivity index (χ2n) is 5.85. The van der Waals surface area contributed by atoms with Crippen LogP contribution in [0.3, 0.4) is 0 Å². The van der Waals surface area contributed by atoms with Crippen molar-refractivity contribution < 1.29 is 23.1 Å². The maximum Gasteiger partial charge on any atom is 0.255 e. The van der Waals surface area contributed by atoms with Crippen LogP contribution in [0.4, 0.5) is 0 Å². The van der Waals surface area contributed by atoms with E-state index in [4.69, 9.17) is 4.74 Å². The molecule has 0 bridgehead atoms. The molecule has 2 aliphatic heterocycles. The molecule has 0 aromatic rings. The zero-order valence-electron chi connectivity index (χ0n) is 12.5. The lowest BCUT2D eigenvalue weighted by Gasteiger charge is -2.41. The third-order valence-corrected chi connectivity index (χ3v) is 5.80. The molecule has 0 aliphatic carbocycles. The number of likely N-dealkylation sites (tertiary alicyclic amines) is 1. The van der Waals surface area contributed by atoms with E-state index in [9.17, 15) is 18.3 Å². The Kier molecular flexibility index (Phi) is 5.24. The maximum absolute atomic E-state index is 12.4. The smallest absolute Gasteiger partial charge is 0.255 e. The Morgan fingerprint density at radius 3 is 2.57 bits per heavy atom.